The fourth-order valence-electron chi connectivity index (χ4n) is 5.01. The molecule has 1 heterocycles. The number of fused-ring (bicyclic) bond motifs is 1. The predicted molar refractivity (Wildman–Crippen MR) is 109 cm³/mol. The third-order valence-electron chi connectivity index (χ3n) is 6.67. The normalized spacial score (nSPS) is 24.8. The van der Waals surface area contributed by atoms with Crippen molar-refractivity contribution in [3.63, 3.8) is 0 Å². The molecule has 2 aromatic carbocycles. The minimum Gasteiger partial charge on any atom is -0.389 e. The van der Waals surface area contributed by atoms with Crippen molar-refractivity contribution in [3.8, 4) is 0 Å². The molecule has 2 aromatic rings. The second-order valence-corrected chi connectivity index (χ2v) is 8.36. The van der Waals surface area contributed by atoms with E-state index >= 15 is 0 Å². The number of benzene rings is 2. The largest absolute Gasteiger partial charge is 0.389 e. The Morgan fingerprint density at radius 1 is 1.12 bits per heavy atom. The zero-order valence-corrected chi connectivity index (χ0v) is 16.0. The van der Waals surface area contributed by atoms with E-state index < -0.39 is 5.60 Å². The van der Waals surface area contributed by atoms with Crippen LogP contribution in [0.15, 0.2) is 42.5 Å². The van der Waals surface area contributed by atoms with Crippen LogP contribution < -0.4 is 5.32 Å². The summed E-state index contributed by atoms with van der Waals surface area (Å²) >= 11 is 0. The molecule has 2 atom stereocenters. The Labute approximate surface area is 157 Å². The van der Waals surface area contributed by atoms with Crippen LogP contribution in [0.3, 0.4) is 0 Å². The number of nitrogens with zero attached hydrogens (tertiary/aromatic N) is 1. The van der Waals surface area contributed by atoms with E-state index in [1.165, 1.54) is 29.2 Å². The molecule has 4 rings (SSSR count). The minimum atomic E-state index is -0.557. The van der Waals surface area contributed by atoms with Gasteiger partial charge in [0.25, 0.3) is 0 Å². The van der Waals surface area contributed by atoms with Crippen LogP contribution in [0.1, 0.15) is 50.0 Å². The molecule has 0 amide bonds. The number of hydrogen-bond acceptors (Lipinski definition) is 3. The lowest BCUT2D eigenvalue weighted by Gasteiger charge is -2.41. The standard InChI is InChI=1S/C23H32N2O/c1-24-21-11-14-25(16-21)17-22(23(26)12-5-2-6-13-23)20-10-9-18-7-3-4-8-19(18)15-20/h3-4,7-10,15,21-22,24,26H,2,5-6,11-14,16-17H2,1H3/t21-,22?/m1/s1. The molecular weight excluding hydrogens is 320 g/mol. The Kier molecular flexibility index (Phi) is 5.30. The first-order chi connectivity index (χ1) is 12.7. The van der Waals surface area contributed by atoms with Gasteiger partial charge in [0, 0.05) is 25.0 Å². The van der Waals surface area contributed by atoms with Crippen LogP contribution >= 0.6 is 0 Å². The van der Waals surface area contributed by atoms with Gasteiger partial charge in [0.15, 0.2) is 0 Å². The maximum absolute atomic E-state index is 11.6. The van der Waals surface area contributed by atoms with Crippen LogP contribution in [-0.4, -0.2) is 48.3 Å². The van der Waals surface area contributed by atoms with Gasteiger partial charge < -0.3 is 15.3 Å². The van der Waals surface area contributed by atoms with Crippen molar-refractivity contribution in [1.29, 1.82) is 0 Å². The van der Waals surface area contributed by atoms with E-state index in [0.29, 0.717) is 6.04 Å². The highest BCUT2D eigenvalue weighted by Crippen LogP contribution is 2.41. The van der Waals surface area contributed by atoms with Crippen molar-refractivity contribution in [2.24, 2.45) is 0 Å². The van der Waals surface area contributed by atoms with Gasteiger partial charge in [-0.2, -0.15) is 0 Å². The van der Waals surface area contributed by atoms with E-state index in [2.05, 4.69) is 59.7 Å². The molecule has 3 nitrogen and oxygen atoms in total. The lowest BCUT2D eigenvalue weighted by molar-refractivity contribution is -0.0294. The quantitative estimate of drug-likeness (QED) is 0.856. The molecule has 2 fully saturated rings. The van der Waals surface area contributed by atoms with Gasteiger partial charge >= 0.3 is 0 Å². The third kappa shape index (κ3) is 3.66. The second kappa shape index (κ2) is 7.67. The molecule has 2 N–H and O–H groups in total. The summed E-state index contributed by atoms with van der Waals surface area (Å²) in [5.74, 6) is 0.197. The molecule has 0 spiro atoms. The number of likely N-dealkylation sites (N-methyl/N-ethyl adjacent to an activating group) is 1. The molecule has 0 radical (unpaired) electrons. The van der Waals surface area contributed by atoms with Crippen molar-refractivity contribution in [2.75, 3.05) is 26.7 Å². The van der Waals surface area contributed by atoms with Crippen LogP contribution in [-0.2, 0) is 0 Å². The molecule has 3 heteroatoms. The molecule has 140 valence electrons. The van der Waals surface area contributed by atoms with E-state index in [4.69, 9.17) is 0 Å². The van der Waals surface area contributed by atoms with Crippen molar-refractivity contribution in [1.82, 2.24) is 10.2 Å². The average Bonchev–Trinajstić information content (AvgIpc) is 3.14. The van der Waals surface area contributed by atoms with Crippen molar-refractivity contribution >= 4 is 10.8 Å². The second-order valence-electron chi connectivity index (χ2n) is 8.36. The van der Waals surface area contributed by atoms with Crippen LogP contribution in [0.4, 0.5) is 0 Å². The summed E-state index contributed by atoms with van der Waals surface area (Å²) in [6, 6.07) is 15.9. The summed E-state index contributed by atoms with van der Waals surface area (Å²) < 4.78 is 0. The van der Waals surface area contributed by atoms with Gasteiger partial charge in [-0.1, -0.05) is 61.7 Å². The van der Waals surface area contributed by atoms with Gasteiger partial charge in [-0.05, 0) is 49.2 Å². The van der Waals surface area contributed by atoms with Crippen LogP contribution in [0.2, 0.25) is 0 Å². The van der Waals surface area contributed by atoms with Crippen molar-refractivity contribution in [2.45, 2.75) is 56.1 Å². The van der Waals surface area contributed by atoms with Crippen LogP contribution in [0.25, 0.3) is 10.8 Å². The third-order valence-corrected chi connectivity index (χ3v) is 6.67. The number of aliphatic hydroxyl groups is 1. The van der Waals surface area contributed by atoms with Crippen molar-refractivity contribution < 1.29 is 5.11 Å². The molecule has 1 unspecified atom stereocenters. The first-order valence-electron chi connectivity index (χ1n) is 10.3. The summed E-state index contributed by atoms with van der Waals surface area (Å²) in [6.07, 6.45) is 6.65. The molecular formula is C23H32N2O. The highest BCUT2D eigenvalue weighted by molar-refractivity contribution is 5.83. The molecule has 1 saturated carbocycles. The zero-order valence-electron chi connectivity index (χ0n) is 16.0. The maximum atomic E-state index is 11.6. The van der Waals surface area contributed by atoms with Gasteiger partial charge in [-0.3, -0.25) is 0 Å². The summed E-state index contributed by atoms with van der Waals surface area (Å²) in [4.78, 5) is 2.55. The lowest BCUT2D eigenvalue weighted by atomic mass is 9.72. The Bertz CT molecular complexity index is 738. The highest BCUT2D eigenvalue weighted by atomic mass is 16.3. The highest BCUT2D eigenvalue weighted by Gasteiger charge is 2.40. The monoisotopic (exact) mass is 352 g/mol. The first kappa shape index (κ1) is 18.0. The Morgan fingerprint density at radius 2 is 1.88 bits per heavy atom. The van der Waals surface area contributed by atoms with Gasteiger partial charge in [0.2, 0.25) is 0 Å². The topological polar surface area (TPSA) is 35.5 Å². The molecule has 2 aliphatic rings. The molecule has 1 saturated heterocycles. The van der Waals surface area contributed by atoms with E-state index in [-0.39, 0.29) is 5.92 Å². The Hall–Kier alpha value is -1.42. The first-order valence-corrected chi connectivity index (χ1v) is 10.3. The summed E-state index contributed by atoms with van der Waals surface area (Å²) in [5, 5.41) is 17.6. The molecule has 1 aliphatic heterocycles. The van der Waals surface area contributed by atoms with E-state index in [9.17, 15) is 5.11 Å². The van der Waals surface area contributed by atoms with E-state index in [1.54, 1.807) is 0 Å². The smallest absolute Gasteiger partial charge is 0.0728 e. The molecule has 0 aromatic heterocycles. The van der Waals surface area contributed by atoms with Gasteiger partial charge in [0.1, 0.15) is 0 Å². The lowest BCUT2D eigenvalue weighted by Crippen LogP contribution is -2.44. The summed E-state index contributed by atoms with van der Waals surface area (Å²) in [7, 11) is 2.06. The molecule has 1 aliphatic carbocycles. The SMILES string of the molecule is CN[C@@H]1CCN(CC(c2ccc3ccccc3c2)C2(O)CCCCC2)C1. The maximum Gasteiger partial charge on any atom is 0.0728 e. The van der Waals surface area contributed by atoms with E-state index in [1.807, 2.05) is 0 Å². The number of likely N-dealkylation sites (tertiary alicyclic amines) is 1. The number of hydrogen-bond donors (Lipinski definition) is 2. The fourth-order valence-corrected chi connectivity index (χ4v) is 5.01. The minimum absolute atomic E-state index is 0.197. The number of nitrogens with one attached hydrogen (secondary N) is 1. The summed E-state index contributed by atoms with van der Waals surface area (Å²) in [6.45, 7) is 3.19. The Morgan fingerprint density at radius 3 is 2.62 bits per heavy atom. The molecule has 26 heavy (non-hydrogen) atoms. The van der Waals surface area contributed by atoms with E-state index in [0.717, 1.165) is 45.3 Å². The average molecular weight is 353 g/mol. The van der Waals surface area contributed by atoms with Crippen LogP contribution in [0.5, 0.6) is 0 Å². The zero-order chi connectivity index (χ0) is 18.0. The fraction of sp³-hybridized carbons (Fsp3) is 0.565. The number of rotatable bonds is 5. The Balaban J connectivity index is 1.64. The summed E-state index contributed by atoms with van der Waals surface area (Å²) in [5.41, 5.74) is 0.749. The predicted octanol–water partition coefficient (Wildman–Crippen LogP) is 3.91. The molecule has 0 bridgehead atoms. The van der Waals surface area contributed by atoms with Crippen LogP contribution in [0, 0.1) is 0 Å². The van der Waals surface area contributed by atoms with Gasteiger partial charge in [-0.25, -0.2) is 0 Å². The van der Waals surface area contributed by atoms with Gasteiger partial charge in [0.05, 0.1) is 5.60 Å². The van der Waals surface area contributed by atoms with Gasteiger partial charge in [-0.15, -0.1) is 0 Å². The van der Waals surface area contributed by atoms with Crippen molar-refractivity contribution in [3.05, 3.63) is 48.0 Å².